The molecular formula is C41H60O4Si2. The largest absolute Gasteiger partial charge is 0.411 e. The van der Waals surface area contributed by atoms with Crippen LogP contribution in [0.1, 0.15) is 85.4 Å². The minimum absolute atomic E-state index is 0.0184. The Morgan fingerprint density at radius 2 is 1.06 bits per heavy atom. The zero-order valence-electron chi connectivity index (χ0n) is 30.8. The average Bonchev–Trinajstić information content (AvgIpc) is 3.03. The molecule has 256 valence electrons. The van der Waals surface area contributed by atoms with Gasteiger partial charge in [-0.15, -0.1) is 0 Å². The molecule has 3 aromatic carbocycles. The Kier molecular flexibility index (Phi) is 12.0. The van der Waals surface area contributed by atoms with Gasteiger partial charge in [0.2, 0.25) is 8.32 Å². The molecule has 4 nitrogen and oxygen atoms in total. The van der Waals surface area contributed by atoms with Gasteiger partial charge in [-0.1, -0.05) is 153 Å². The number of ether oxygens (including phenoxy) is 1. The van der Waals surface area contributed by atoms with E-state index in [1.54, 1.807) is 0 Å². The van der Waals surface area contributed by atoms with E-state index in [4.69, 9.17) is 13.6 Å². The van der Waals surface area contributed by atoms with Gasteiger partial charge in [0, 0.05) is 18.4 Å². The molecule has 0 bridgehead atoms. The van der Waals surface area contributed by atoms with Gasteiger partial charge in [0.05, 0.1) is 12.2 Å². The Hall–Kier alpha value is -2.36. The second-order valence-electron chi connectivity index (χ2n) is 16.0. The van der Waals surface area contributed by atoms with Gasteiger partial charge in [-0.05, 0) is 57.9 Å². The quantitative estimate of drug-likeness (QED) is 0.0916. The van der Waals surface area contributed by atoms with Crippen LogP contribution in [0.15, 0.2) is 91.0 Å². The summed E-state index contributed by atoms with van der Waals surface area (Å²) >= 11 is 0. The molecule has 3 aromatic rings. The van der Waals surface area contributed by atoms with Crippen molar-refractivity contribution in [2.75, 3.05) is 6.61 Å². The van der Waals surface area contributed by atoms with Gasteiger partial charge < -0.3 is 18.4 Å². The van der Waals surface area contributed by atoms with Crippen molar-refractivity contribution >= 4 is 22.9 Å². The summed E-state index contributed by atoms with van der Waals surface area (Å²) in [5.41, 5.74) is 3.71. The molecule has 47 heavy (non-hydrogen) atoms. The first-order valence-electron chi connectivity index (χ1n) is 17.7. The highest BCUT2D eigenvalue weighted by molar-refractivity contribution is 6.77. The van der Waals surface area contributed by atoms with E-state index in [1.807, 2.05) is 18.2 Å². The highest BCUT2D eigenvalue weighted by Gasteiger charge is 2.59. The average molecular weight is 673 g/mol. The van der Waals surface area contributed by atoms with Gasteiger partial charge in [0.15, 0.2) is 8.32 Å². The lowest BCUT2D eigenvalue weighted by Gasteiger charge is -2.57. The molecule has 1 aliphatic carbocycles. The second-order valence-corrected chi connectivity index (χ2v) is 26.2. The van der Waals surface area contributed by atoms with Crippen molar-refractivity contribution in [2.24, 2.45) is 11.8 Å². The van der Waals surface area contributed by atoms with Gasteiger partial charge in [0.25, 0.3) is 0 Å². The smallest absolute Gasteiger partial charge is 0.200 e. The fourth-order valence-electron chi connectivity index (χ4n) is 7.89. The predicted molar refractivity (Wildman–Crippen MR) is 201 cm³/mol. The number of benzene rings is 3. The summed E-state index contributed by atoms with van der Waals surface area (Å²) in [6.45, 7) is 25.8. The van der Waals surface area contributed by atoms with Gasteiger partial charge in [-0.25, -0.2) is 0 Å². The summed E-state index contributed by atoms with van der Waals surface area (Å²) < 4.78 is 21.8. The lowest BCUT2D eigenvalue weighted by Crippen LogP contribution is -2.66. The Morgan fingerprint density at radius 1 is 0.660 bits per heavy atom. The van der Waals surface area contributed by atoms with Crippen LogP contribution in [-0.2, 0) is 24.0 Å². The first-order valence-corrected chi connectivity index (χ1v) is 22.8. The van der Waals surface area contributed by atoms with Crippen LogP contribution >= 0.6 is 0 Å². The van der Waals surface area contributed by atoms with Crippen LogP contribution in [0.2, 0.25) is 34.8 Å². The maximum atomic E-state index is 13.0. The predicted octanol–water partition coefficient (Wildman–Crippen LogP) is 10.8. The van der Waals surface area contributed by atoms with Crippen LogP contribution in [-0.4, -0.2) is 41.7 Å². The lowest BCUT2D eigenvalue weighted by molar-refractivity contribution is -0.158. The summed E-state index contributed by atoms with van der Waals surface area (Å²) in [6, 6.07) is 31.5. The fraction of sp³-hybridized carbons (Fsp3) is 0.537. The fourth-order valence-corrected chi connectivity index (χ4v) is 14.8. The molecule has 0 saturated heterocycles. The lowest BCUT2D eigenvalue weighted by atomic mass is 9.67. The third kappa shape index (κ3) is 7.33. The first-order chi connectivity index (χ1) is 22.1. The third-order valence-corrected chi connectivity index (χ3v) is 21.9. The second kappa shape index (κ2) is 15.0. The van der Waals surface area contributed by atoms with E-state index in [1.165, 1.54) is 0 Å². The van der Waals surface area contributed by atoms with Gasteiger partial charge in [0.1, 0.15) is 11.9 Å². The molecule has 4 atom stereocenters. The number of hydrogen-bond donors (Lipinski definition) is 0. The molecule has 0 aromatic heterocycles. The SMILES string of the molecule is CC(C)[Si](O[C@@H]1[C@H](C=O)[C@@H](CCOC(c2ccccc2)(c2ccccc2)c2ccccc2)[C@H]1O[Si](C)(C)C(C)(C)C)(C(C)C)C(C)C. The van der Waals surface area contributed by atoms with Crippen LogP contribution in [0, 0.1) is 11.8 Å². The Morgan fingerprint density at radius 3 is 1.40 bits per heavy atom. The molecule has 0 aliphatic heterocycles. The molecule has 1 saturated carbocycles. The maximum Gasteiger partial charge on any atom is 0.200 e. The van der Waals surface area contributed by atoms with Crippen LogP contribution < -0.4 is 0 Å². The van der Waals surface area contributed by atoms with Crippen LogP contribution in [0.5, 0.6) is 0 Å². The van der Waals surface area contributed by atoms with Crippen molar-refractivity contribution in [2.45, 2.75) is 121 Å². The molecule has 0 amide bonds. The van der Waals surface area contributed by atoms with Crippen molar-refractivity contribution in [3.05, 3.63) is 108 Å². The normalized spacial score (nSPS) is 20.9. The molecule has 0 heterocycles. The van der Waals surface area contributed by atoms with E-state index >= 15 is 0 Å². The zero-order chi connectivity index (χ0) is 34.6. The van der Waals surface area contributed by atoms with Crippen molar-refractivity contribution in [3.63, 3.8) is 0 Å². The Bertz CT molecular complexity index is 1280. The van der Waals surface area contributed by atoms with E-state index in [0.29, 0.717) is 29.7 Å². The van der Waals surface area contributed by atoms with Crippen molar-refractivity contribution < 1.29 is 18.4 Å². The number of aldehydes is 1. The molecule has 6 heteroatoms. The summed E-state index contributed by atoms with van der Waals surface area (Å²) in [5, 5.41) is 0.0383. The van der Waals surface area contributed by atoms with E-state index in [0.717, 1.165) is 23.0 Å². The highest BCUT2D eigenvalue weighted by Crippen LogP contribution is 2.52. The van der Waals surface area contributed by atoms with Gasteiger partial charge in [-0.3, -0.25) is 0 Å². The minimum atomic E-state index is -2.26. The first kappa shape index (κ1) is 37.5. The maximum absolute atomic E-state index is 13.0. The van der Waals surface area contributed by atoms with E-state index in [2.05, 4.69) is 148 Å². The number of rotatable bonds is 15. The summed E-state index contributed by atoms with van der Waals surface area (Å²) in [7, 11) is -4.43. The molecule has 1 fully saturated rings. The van der Waals surface area contributed by atoms with Crippen molar-refractivity contribution in [1.82, 2.24) is 0 Å². The summed E-state index contributed by atoms with van der Waals surface area (Å²) in [4.78, 5) is 13.0. The Balaban J connectivity index is 1.72. The Labute approximate surface area is 287 Å². The van der Waals surface area contributed by atoms with Crippen LogP contribution in [0.3, 0.4) is 0 Å². The zero-order valence-corrected chi connectivity index (χ0v) is 32.8. The number of hydrogen-bond acceptors (Lipinski definition) is 4. The highest BCUT2D eigenvalue weighted by atomic mass is 28.4. The van der Waals surface area contributed by atoms with Crippen LogP contribution in [0.4, 0.5) is 0 Å². The molecule has 0 spiro atoms. The van der Waals surface area contributed by atoms with Gasteiger partial charge in [-0.2, -0.15) is 0 Å². The van der Waals surface area contributed by atoms with Crippen molar-refractivity contribution in [1.29, 1.82) is 0 Å². The van der Waals surface area contributed by atoms with Gasteiger partial charge >= 0.3 is 0 Å². The van der Waals surface area contributed by atoms with Crippen molar-refractivity contribution in [3.8, 4) is 0 Å². The van der Waals surface area contributed by atoms with E-state index in [-0.39, 0.29) is 29.1 Å². The monoisotopic (exact) mass is 672 g/mol. The third-order valence-electron chi connectivity index (χ3n) is 11.4. The standard InChI is InChI=1S/C41H60O4Si2/c1-30(2)47(31(3)4,32(5)6)45-39-37(29-42)36(38(39)44-46(10,11)40(7,8)9)27-28-43-41(33-21-15-12-16-22-33,34-23-17-13-18-24-34)35-25-19-14-20-26-35/h12-26,29-32,36-39H,27-28H2,1-11H3/t36-,37-,38-,39-/m1/s1. The topological polar surface area (TPSA) is 44.8 Å². The molecular weight excluding hydrogens is 613 g/mol. The van der Waals surface area contributed by atoms with Crippen LogP contribution in [0.25, 0.3) is 0 Å². The van der Waals surface area contributed by atoms with E-state index in [9.17, 15) is 4.79 Å². The minimum Gasteiger partial charge on any atom is -0.411 e. The molecule has 4 rings (SSSR count). The molecule has 1 aliphatic rings. The number of carbonyl (C=O) groups is 1. The van der Waals surface area contributed by atoms with E-state index < -0.39 is 22.2 Å². The molecule has 0 radical (unpaired) electrons. The molecule has 0 N–H and O–H groups in total. The summed E-state index contributed by atoms with van der Waals surface area (Å²) in [5.74, 6) is -0.207. The summed E-state index contributed by atoms with van der Waals surface area (Å²) in [6.07, 6.45) is 1.49. The molecule has 0 unspecified atom stereocenters. The number of carbonyl (C=O) groups excluding carboxylic acids is 1.